The van der Waals surface area contributed by atoms with Gasteiger partial charge in [0.15, 0.2) is 11.5 Å². The van der Waals surface area contributed by atoms with Crippen LogP contribution in [-0.2, 0) is 12.7 Å². The summed E-state index contributed by atoms with van der Waals surface area (Å²) in [6, 6.07) is 0.823. The van der Waals surface area contributed by atoms with Crippen LogP contribution in [0.4, 0.5) is 24.9 Å². The second-order valence-corrected chi connectivity index (χ2v) is 4.08. The van der Waals surface area contributed by atoms with E-state index in [1.165, 1.54) is 0 Å². The van der Waals surface area contributed by atoms with Crippen LogP contribution in [0.5, 0.6) is 0 Å². The first-order valence-electron chi connectivity index (χ1n) is 6.11. The Morgan fingerprint density at radius 3 is 2.52 bits per heavy atom. The van der Waals surface area contributed by atoms with E-state index in [1.54, 1.807) is 13.8 Å². The summed E-state index contributed by atoms with van der Waals surface area (Å²) in [5.74, 6) is 0.615. The molecule has 2 N–H and O–H groups in total. The molecule has 114 valence electrons. The van der Waals surface area contributed by atoms with Crippen molar-refractivity contribution >= 4 is 11.8 Å². The Morgan fingerprint density at radius 1 is 1.19 bits per heavy atom. The molecule has 0 aliphatic carbocycles. The largest absolute Gasteiger partial charge is 0.433 e. The van der Waals surface area contributed by atoms with E-state index in [4.69, 9.17) is 4.52 Å². The number of nitrogens with one attached hydrogen (secondary N) is 2. The van der Waals surface area contributed by atoms with Gasteiger partial charge in [-0.05, 0) is 13.8 Å². The molecule has 0 aliphatic heterocycles. The van der Waals surface area contributed by atoms with Gasteiger partial charge in [0.1, 0.15) is 5.82 Å². The molecule has 2 heterocycles. The zero-order valence-corrected chi connectivity index (χ0v) is 11.3. The standard InChI is InChI=1S/C11H13F3N6O/c1-3-15-10-18-7(11(12,13)14)4-8(19-10)16-5-9-17-6(2)20-21-9/h4H,3,5H2,1-2H3,(H2,15,16,18,19). The molecular formula is C11H13F3N6O. The molecule has 0 saturated carbocycles. The first-order chi connectivity index (χ1) is 9.88. The second-order valence-electron chi connectivity index (χ2n) is 4.08. The Morgan fingerprint density at radius 2 is 1.95 bits per heavy atom. The smallest absolute Gasteiger partial charge is 0.361 e. The normalized spacial score (nSPS) is 11.5. The van der Waals surface area contributed by atoms with Gasteiger partial charge in [0, 0.05) is 12.6 Å². The maximum atomic E-state index is 12.8. The molecule has 0 spiro atoms. The van der Waals surface area contributed by atoms with E-state index < -0.39 is 11.9 Å². The minimum atomic E-state index is -4.55. The van der Waals surface area contributed by atoms with Crippen molar-refractivity contribution in [3.8, 4) is 0 Å². The van der Waals surface area contributed by atoms with Crippen molar-refractivity contribution in [3.05, 3.63) is 23.5 Å². The number of anilines is 2. The number of nitrogens with zero attached hydrogens (tertiary/aromatic N) is 4. The minimum absolute atomic E-state index is 0.0177. The van der Waals surface area contributed by atoms with Crippen LogP contribution in [0.2, 0.25) is 0 Å². The van der Waals surface area contributed by atoms with Gasteiger partial charge in [0.2, 0.25) is 11.8 Å². The molecule has 0 bridgehead atoms. The lowest BCUT2D eigenvalue weighted by molar-refractivity contribution is -0.141. The average molecular weight is 302 g/mol. The summed E-state index contributed by atoms with van der Waals surface area (Å²) >= 11 is 0. The fourth-order valence-corrected chi connectivity index (χ4v) is 1.50. The fourth-order valence-electron chi connectivity index (χ4n) is 1.50. The molecule has 0 aromatic carbocycles. The van der Waals surface area contributed by atoms with Crippen LogP contribution < -0.4 is 10.6 Å². The van der Waals surface area contributed by atoms with Crippen molar-refractivity contribution in [2.75, 3.05) is 17.2 Å². The van der Waals surface area contributed by atoms with E-state index >= 15 is 0 Å². The highest BCUT2D eigenvalue weighted by atomic mass is 19.4. The predicted molar refractivity (Wildman–Crippen MR) is 67.6 cm³/mol. The van der Waals surface area contributed by atoms with Crippen LogP contribution in [-0.4, -0.2) is 26.7 Å². The van der Waals surface area contributed by atoms with Gasteiger partial charge >= 0.3 is 6.18 Å². The van der Waals surface area contributed by atoms with E-state index in [0.29, 0.717) is 12.4 Å². The third-order valence-electron chi connectivity index (χ3n) is 2.34. The average Bonchev–Trinajstić information content (AvgIpc) is 2.81. The lowest BCUT2D eigenvalue weighted by Crippen LogP contribution is -2.14. The molecule has 2 aromatic heterocycles. The molecule has 0 saturated heterocycles. The Balaban J connectivity index is 2.19. The summed E-state index contributed by atoms with van der Waals surface area (Å²) < 4.78 is 43.2. The van der Waals surface area contributed by atoms with Crippen LogP contribution in [0.1, 0.15) is 24.3 Å². The number of hydrogen-bond donors (Lipinski definition) is 2. The summed E-state index contributed by atoms with van der Waals surface area (Å²) in [7, 11) is 0. The van der Waals surface area contributed by atoms with Crippen molar-refractivity contribution in [2.24, 2.45) is 0 Å². The predicted octanol–water partition coefficient (Wildman–Crippen LogP) is 2.23. The van der Waals surface area contributed by atoms with Gasteiger partial charge < -0.3 is 15.2 Å². The first kappa shape index (κ1) is 15.0. The number of halogens is 3. The topological polar surface area (TPSA) is 88.8 Å². The number of aromatic nitrogens is 4. The lowest BCUT2D eigenvalue weighted by Gasteiger charge is -2.11. The Hall–Kier alpha value is -2.39. The van der Waals surface area contributed by atoms with E-state index in [-0.39, 0.29) is 24.2 Å². The molecule has 0 radical (unpaired) electrons. The summed E-state index contributed by atoms with van der Waals surface area (Å²) in [5.41, 5.74) is -1.03. The zero-order valence-electron chi connectivity index (χ0n) is 11.3. The lowest BCUT2D eigenvalue weighted by atomic mass is 10.3. The van der Waals surface area contributed by atoms with E-state index in [2.05, 4.69) is 30.7 Å². The maximum Gasteiger partial charge on any atom is 0.433 e. The Labute approximate surface area is 118 Å². The molecule has 0 amide bonds. The third kappa shape index (κ3) is 4.04. The first-order valence-corrected chi connectivity index (χ1v) is 6.11. The van der Waals surface area contributed by atoms with Crippen molar-refractivity contribution in [2.45, 2.75) is 26.6 Å². The van der Waals surface area contributed by atoms with Gasteiger partial charge in [-0.3, -0.25) is 0 Å². The van der Waals surface area contributed by atoms with Crippen molar-refractivity contribution in [3.63, 3.8) is 0 Å². The summed E-state index contributed by atoms with van der Waals surface area (Å²) in [6.07, 6.45) is -4.55. The van der Waals surface area contributed by atoms with E-state index in [0.717, 1.165) is 6.07 Å². The van der Waals surface area contributed by atoms with Crippen LogP contribution in [0.25, 0.3) is 0 Å². The molecule has 10 heteroatoms. The highest BCUT2D eigenvalue weighted by Crippen LogP contribution is 2.29. The van der Waals surface area contributed by atoms with Gasteiger partial charge in [-0.15, -0.1) is 0 Å². The van der Waals surface area contributed by atoms with Gasteiger partial charge in [0.05, 0.1) is 6.54 Å². The monoisotopic (exact) mass is 302 g/mol. The minimum Gasteiger partial charge on any atom is -0.361 e. The third-order valence-corrected chi connectivity index (χ3v) is 2.34. The molecule has 0 unspecified atom stereocenters. The summed E-state index contributed by atoms with van der Waals surface area (Å²) in [6.45, 7) is 3.85. The van der Waals surface area contributed by atoms with Crippen LogP contribution >= 0.6 is 0 Å². The van der Waals surface area contributed by atoms with Crippen LogP contribution in [0.15, 0.2) is 10.6 Å². The molecule has 2 rings (SSSR count). The van der Waals surface area contributed by atoms with Crippen LogP contribution in [0, 0.1) is 6.92 Å². The number of alkyl halides is 3. The van der Waals surface area contributed by atoms with Crippen LogP contribution in [0.3, 0.4) is 0 Å². The molecule has 21 heavy (non-hydrogen) atoms. The van der Waals surface area contributed by atoms with Crippen molar-refractivity contribution in [1.29, 1.82) is 0 Å². The van der Waals surface area contributed by atoms with Gasteiger partial charge in [-0.25, -0.2) is 4.98 Å². The molecule has 0 aliphatic rings. The fraction of sp³-hybridized carbons (Fsp3) is 0.455. The van der Waals surface area contributed by atoms with Gasteiger partial charge in [-0.2, -0.15) is 23.1 Å². The van der Waals surface area contributed by atoms with Gasteiger partial charge in [-0.1, -0.05) is 5.16 Å². The maximum absolute atomic E-state index is 12.8. The van der Waals surface area contributed by atoms with E-state index in [1.807, 2.05) is 0 Å². The quantitative estimate of drug-likeness (QED) is 0.875. The number of aryl methyl sites for hydroxylation is 1. The van der Waals surface area contributed by atoms with Crippen molar-refractivity contribution < 1.29 is 17.7 Å². The Bertz CT molecular complexity index is 612. The molecule has 0 atom stereocenters. The number of hydrogen-bond acceptors (Lipinski definition) is 7. The number of rotatable bonds is 5. The van der Waals surface area contributed by atoms with Crippen molar-refractivity contribution in [1.82, 2.24) is 20.1 Å². The highest BCUT2D eigenvalue weighted by molar-refractivity contribution is 5.43. The zero-order chi connectivity index (χ0) is 15.5. The van der Waals surface area contributed by atoms with E-state index in [9.17, 15) is 13.2 Å². The molecule has 7 nitrogen and oxygen atoms in total. The SMILES string of the molecule is CCNc1nc(NCc2nc(C)no2)cc(C(F)(F)F)n1. The summed E-state index contributed by atoms with van der Waals surface area (Å²) in [4.78, 5) is 11.3. The Kier molecular flexibility index (Phi) is 4.24. The highest BCUT2D eigenvalue weighted by Gasteiger charge is 2.33. The molecular weight excluding hydrogens is 289 g/mol. The molecule has 2 aromatic rings. The second kappa shape index (κ2) is 5.94. The molecule has 0 fully saturated rings. The summed E-state index contributed by atoms with van der Waals surface area (Å²) in [5, 5.41) is 8.93. The van der Waals surface area contributed by atoms with Gasteiger partial charge in [0.25, 0.3) is 0 Å².